The van der Waals surface area contributed by atoms with Crippen LogP contribution in [0.15, 0.2) is 36.7 Å². The number of aromatic nitrogens is 2. The summed E-state index contributed by atoms with van der Waals surface area (Å²) in [6.45, 7) is 5.40. The number of benzene rings is 1. The minimum Gasteiger partial charge on any atom is -0.384 e. The zero-order chi connectivity index (χ0) is 17.7. The van der Waals surface area contributed by atoms with E-state index >= 15 is 0 Å². The lowest BCUT2D eigenvalue weighted by molar-refractivity contribution is 0.0566. The first-order valence-corrected chi connectivity index (χ1v) is 9.31. The van der Waals surface area contributed by atoms with Crippen molar-refractivity contribution in [1.29, 1.82) is 0 Å². The Morgan fingerprint density at radius 1 is 1.12 bits per heavy atom. The third kappa shape index (κ3) is 4.83. The molecule has 3 rings (SSSR count). The fourth-order valence-electron chi connectivity index (χ4n) is 3.41. The lowest BCUT2D eigenvalue weighted by Crippen LogP contribution is -2.34. The Balaban J connectivity index is 1.51. The standard InChI is InChI=1S/C20H30N4O/c1-20(25,18-14-22-23(2)15-18)16-21-13-17-7-9-19(10-8-17)24-11-5-3-4-6-12-24/h7-10,14-15,21,25H,3-6,11-13,16H2,1-2H3. The molecule has 1 aromatic heterocycles. The Hall–Kier alpha value is -1.85. The zero-order valence-electron chi connectivity index (χ0n) is 15.4. The quantitative estimate of drug-likeness (QED) is 0.848. The second-order valence-electron chi connectivity index (χ2n) is 7.35. The van der Waals surface area contributed by atoms with Gasteiger partial charge in [0.2, 0.25) is 0 Å². The van der Waals surface area contributed by atoms with E-state index in [0.29, 0.717) is 6.54 Å². The molecule has 0 spiro atoms. The van der Waals surface area contributed by atoms with Crippen LogP contribution in [0.2, 0.25) is 0 Å². The van der Waals surface area contributed by atoms with E-state index in [9.17, 15) is 5.11 Å². The van der Waals surface area contributed by atoms with E-state index in [1.54, 1.807) is 10.9 Å². The minimum atomic E-state index is -0.916. The Morgan fingerprint density at radius 3 is 2.40 bits per heavy atom. The summed E-state index contributed by atoms with van der Waals surface area (Å²) >= 11 is 0. The summed E-state index contributed by atoms with van der Waals surface area (Å²) < 4.78 is 1.71. The highest BCUT2D eigenvalue weighted by Gasteiger charge is 2.24. The number of rotatable bonds is 6. The summed E-state index contributed by atoms with van der Waals surface area (Å²) in [5, 5.41) is 18.1. The first-order valence-electron chi connectivity index (χ1n) is 9.31. The molecule has 0 aliphatic carbocycles. The fourth-order valence-corrected chi connectivity index (χ4v) is 3.41. The Morgan fingerprint density at radius 2 is 1.80 bits per heavy atom. The average molecular weight is 342 g/mol. The van der Waals surface area contributed by atoms with Gasteiger partial charge in [-0.2, -0.15) is 5.10 Å². The van der Waals surface area contributed by atoms with Gasteiger partial charge in [0.1, 0.15) is 5.60 Å². The van der Waals surface area contributed by atoms with Crippen molar-refractivity contribution in [3.8, 4) is 0 Å². The van der Waals surface area contributed by atoms with Crippen LogP contribution in [-0.2, 0) is 19.2 Å². The number of hydrogen-bond acceptors (Lipinski definition) is 4. The van der Waals surface area contributed by atoms with Crippen LogP contribution in [0.4, 0.5) is 5.69 Å². The molecule has 0 amide bonds. The van der Waals surface area contributed by atoms with Gasteiger partial charge in [-0.1, -0.05) is 25.0 Å². The number of aliphatic hydroxyl groups is 1. The lowest BCUT2D eigenvalue weighted by Gasteiger charge is -2.23. The van der Waals surface area contributed by atoms with Crippen molar-refractivity contribution < 1.29 is 5.11 Å². The van der Waals surface area contributed by atoms with Crippen LogP contribution in [0.5, 0.6) is 0 Å². The van der Waals surface area contributed by atoms with Gasteiger partial charge in [0.15, 0.2) is 0 Å². The summed E-state index contributed by atoms with van der Waals surface area (Å²) in [5.41, 5.74) is 2.48. The normalized spacial score (nSPS) is 18.0. The van der Waals surface area contributed by atoms with Crippen molar-refractivity contribution in [2.45, 2.75) is 44.8 Å². The molecule has 0 saturated carbocycles. The van der Waals surface area contributed by atoms with Crippen LogP contribution >= 0.6 is 0 Å². The van der Waals surface area contributed by atoms with E-state index in [4.69, 9.17) is 0 Å². The van der Waals surface area contributed by atoms with Crippen molar-refractivity contribution in [2.75, 3.05) is 24.5 Å². The SMILES string of the molecule is Cn1cc(C(C)(O)CNCc2ccc(N3CCCCCC3)cc2)cn1. The molecule has 1 fully saturated rings. The van der Waals surface area contributed by atoms with Crippen LogP contribution in [0.25, 0.3) is 0 Å². The highest BCUT2D eigenvalue weighted by molar-refractivity contribution is 5.47. The number of hydrogen-bond donors (Lipinski definition) is 2. The molecule has 1 aliphatic rings. The highest BCUT2D eigenvalue weighted by Crippen LogP contribution is 2.21. The van der Waals surface area contributed by atoms with Gasteiger partial charge in [-0.3, -0.25) is 4.68 Å². The van der Waals surface area contributed by atoms with Gasteiger partial charge in [-0.05, 0) is 37.5 Å². The molecule has 1 saturated heterocycles. The molecule has 136 valence electrons. The van der Waals surface area contributed by atoms with E-state index in [0.717, 1.165) is 12.1 Å². The average Bonchev–Trinajstić information content (AvgIpc) is 2.87. The molecule has 25 heavy (non-hydrogen) atoms. The van der Waals surface area contributed by atoms with Crippen LogP contribution in [-0.4, -0.2) is 34.5 Å². The predicted octanol–water partition coefficient (Wildman–Crippen LogP) is 2.80. The second-order valence-corrected chi connectivity index (χ2v) is 7.35. The van der Waals surface area contributed by atoms with Gasteiger partial charge in [0.05, 0.1) is 6.20 Å². The number of nitrogens with zero attached hydrogens (tertiary/aromatic N) is 3. The first kappa shape index (κ1) is 18.0. The van der Waals surface area contributed by atoms with Crippen molar-refractivity contribution >= 4 is 5.69 Å². The Bertz CT molecular complexity index is 655. The largest absolute Gasteiger partial charge is 0.384 e. The summed E-state index contributed by atoms with van der Waals surface area (Å²) in [6.07, 6.45) is 8.89. The number of aryl methyl sites for hydroxylation is 1. The molecule has 2 N–H and O–H groups in total. The van der Waals surface area contributed by atoms with Crippen LogP contribution in [0.3, 0.4) is 0 Å². The molecule has 1 unspecified atom stereocenters. The van der Waals surface area contributed by atoms with Gasteiger partial charge >= 0.3 is 0 Å². The van der Waals surface area contributed by atoms with Crippen molar-refractivity contribution in [1.82, 2.24) is 15.1 Å². The summed E-state index contributed by atoms with van der Waals surface area (Å²) in [7, 11) is 1.86. The maximum absolute atomic E-state index is 10.6. The molecular weight excluding hydrogens is 312 g/mol. The van der Waals surface area contributed by atoms with E-state index < -0.39 is 5.60 Å². The molecule has 0 radical (unpaired) electrons. The van der Waals surface area contributed by atoms with Crippen molar-refractivity contribution in [3.63, 3.8) is 0 Å². The minimum absolute atomic E-state index is 0.493. The van der Waals surface area contributed by atoms with Crippen molar-refractivity contribution in [3.05, 3.63) is 47.8 Å². The third-order valence-corrected chi connectivity index (χ3v) is 5.03. The molecule has 5 heteroatoms. The molecule has 1 aliphatic heterocycles. The van der Waals surface area contributed by atoms with Gasteiger partial charge < -0.3 is 15.3 Å². The second kappa shape index (κ2) is 8.02. The Kier molecular flexibility index (Phi) is 5.76. The summed E-state index contributed by atoms with van der Waals surface area (Å²) in [5.74, 6) is 0. The summed E-state index contributed by atoms with van der Waals surface area (Å²) in [4.78, 5) is 2.50. The monoisotopic (exact) mass is 342 g/mol. The van der Waals surface area contributed by atoms with Crippen LogP contribution in [0, 0.1) is 0 Å². The van der Waals surface area contributed by atoms with Crippen molar-refractivity contribution in [2.24, 2.45) is 7.05 Å². The van der Waals surface area contributed by atoms with E-state index in [1.807, 2.05) is 20.2 Å². The third-order valence-electron chi connectivity index (χ3n) is 5.03. The van der Waals surface area contributed by atoms with E-state index in [-0.39, 0.29) is 0 Å². The highest BCUT2D eigenvalue weighted by atomic mass is 16.3. The van der Waals surface area contributed by atoms with Crippen LogP contribution < -0.4 is 10.2 Å². The number of nitrogens with one attached hydrogen (secondary N) is 1. The molecule has 5 nitrogen and oxygen atoms in total. The van der Waals surface area contributed by atoms with E-state index in [2.05, 4.69) is 39.6 Å². The van der Waals surface area contributed by atoms with E-state index in [1.165, 1.54) is 50.0 Å². The first-order chi connectivity index (χ1) is 12.0. The molecule has 1 aromatic carbocycles. The zero-order valence-corrected chi connectivity index (χ0v) is 15.4. The van der Waals surface area contributed by atoms with Crippen LogP contribution in [0.1, 0.15) is 43.7 Å². The molecule has 1 atom stereocenters. The van der Waals surface area contributed by atoms with Gasteiger partial charge in [0, 0.05) is 50.7 Å². The van der Waals surface area contributed by atoms with Gasteiger partial charge in [-0.25, -0.2) is 0 Å². The van der Waals surface area contributed by atoms with Gasteiger partial charge in [-0.15, -0.1) is 0 Å². The molecular formula is C20H30N4O. The summed E-state index contributed by atoms with van der Waals surface area (Å²) in [6, 6.07) is 8.82. The predicted molar refractivity (Wildman–Crippen MR) is 102 cm³/mol. The molecule has 2 heterocycles. The molecule has 0 bridgehead atoms. The maximum atomic E-state index is 10.6. The molecule has 2 aromatic rings. The maximum Gasteiger partial charge on any atom is 0.102 e. The van der Waals surface area contributed by atoms with Gasteiger partial charge in [0.25, 0.3) is 0 Å². The lowest BCUT2D eigenvalue weighted by atomic mass is 9.99. The topological polar surface area (TPSA) is 53.3 Å². The smallest absolute Gasteiger partial charge is 0.102 e. The fraction of sp³-hybridized carbons (Fsp3) is 0.550. The Labute approximate surface area is 150 Å². The number of anilines is 1.